The molecule has 1 aliphatic rings. The van der Waals surface area contributed by atoms with Gasteiger partial charge in [-0.25, -0.2) is 0 Å². The van der Waals surface area contributed by atoms with E-state index < -0.39 is 0 Å². The van der Waals surface area contributed by atoms with Gasteiger partial charge in [0.25, 0.3) is 0 Å². The molecular weight excluding hydrogens is 350 g/mol. The van der Waals surface area contributed by atoms with Crippen LogP contribution in [-0.4, -0.2) is 41.1 Å². The van der Waals surface area contributed by atoms with E-state index in [0.29, 0.717) is 0 Å². The molecule has 0 bridgehead atoms. The second-order valence-electron chi connectivity index (χ2n) is 7.15. The first kappa shape index (κ1) is 18.0. The molecule has 27 heavy (non-hydrogen) atoms. The van der Waals surface area contributed by atoms with E-state index in [9.17, 15) is 0 Å². The van der Waals surface area contributed by atoms with Crippen LogP contribution in [-0.2, 0) is 6.54 Å². The molecule has 1 saturated heterocycles. The fourth-order valence-corrected chi connectivity index (χ4v) is 3.98. The Morgan fingerprint density at radius 2 is 1.59 bits per heavy atom. The number of fused-ring (bicyclic) bond motifs is 1. The lowest BCUT2D eigenvalue weighted by atomic mass is 10.0. The van der Waals surface area contributed by atoms with Gasteiger partial charge in [0.1, 0.15) is 0 Å². The van der Waals surface area contributed by atoms with Crippen LogP contribution in [0.3, 0.4) is 0 Å². The number of hydrogen-bond acceptors (Lipinski definition) is 2. The third-order valence-electron chi connectivity index (χ3n) is 5.32. The Balaban J connectivity index is 1.36. The van der Waals surface area contributed by atoms with Crippen LogP contribution in [0.25, 0.3) is 10.8 Å². The first-order valence-corrected chi connectivity index (χ1v) is 9.92. The molecule has 1 N–H and O–H groups in total. The molecule has 3 aromatic rings. The number of para-hydroxylation sites is 1. The summed E-state index contributed by atoms with van der Waals surface area (Å²) in [6, 6.07) is 23.5. The van der Waals surface area contributed by atoms with Gasteiger partial charge in [-0.15, -0.1) is 0 Å². The molecule has 1 aliphatic heterocycles. The molecule has 0 aliphatic carbocycles. The topological polar surface area (TPSA) is 18.5 Å². The smallest absolute Gasteiger partial charge is 0.173 e. The first-order chi connectivity index (χ1) is 13.2. The molecule has 4 heteroatoms. The average molecular weight is 376 g/mol. The van der Waals surface area contributed by atoms with Crippen LogP contribution >= 0.6 is 12.2 Å². The van der Waals surface area contributed by atoms with Gasteiger partial charge in [-0.2, -0.15) is 0 Å². The fraction of sp³-hybridized carbons (Fsp3) is 0.261. The number of nitrogens with one attached hydrogen (secondary N) is 1. The van der Waals surface area contributed by atoms with Gasteiger partial charge in [0.2, 0.25) is 0 Å². The molecule has 0 aromatic heterocycles. The van der Waals surface area contributed by atoms with Crippen molar-refractivity contribution in [2.24, 2.45) is 0 Å². The van der Waals surface area contributed by atoms with Gasteiger partial charge in [-0.3, -0.25) is 4.90 Å². The van der Waals surface area contributed by atoms with E-state index in [1.54, 1.807) is 0 Å². The van der Waals surface area contributed by atoms with E-state index in [1.807, 2.05) is 6.07 Å². The standard InChI is InChI=1S/C23H25N3S/c1-18-7-2-5-12-22(18)24-23(27)26-15-13-25(14-16-26)17-20-10-6-9-19-8-3-4-11-21(19)20/h2-12H,13-17H2,1H3,(H,24,27). The maximum Gasteiger partial charge on any atom is 0.173 e. The third-order valence-corrected chi connectivity index (χ3v) is 5.68. The highest BCUT2D eigenvalue weighted by atomic mass is 32.1. The summed E-state index contributed by atoms with van der Waals surface area (Å²) < 4.78 is 0. The summed E-state index contributed by atoms with van der Waals surface area (Å²) in [6.07, 6.45) is 0. The monoisotopic (exact) mass is 375 g/mol. The zero-order valence-electron chi connectivity index (χ0n) is 15.7. The zero-order chi connectivity index (χ0) is 18.6. The van der Waals surface area contributed by atoms with Crippen LogP contribution in [0.1, 0.15) is 11.1 Å². The molecule has 1 fully saturated rings. The van der Waals surface area contributed by atoms with Gasteiger partial charge in [0, 0.05) is 38.4 Å². The summed E-state index contributed by atoms with van der Waals surface area (Å²) in [6.45, 7) is 7.07. The van der Waals surface area contributed by atoms with Crippen molar-refractivity contribution >= 4 is 33.8 Å². The highest BCUT2D eigenvalue weighted by molar-refractivity contribution is 7.80. The molecule has 138 valence electrons. The quantitative estimate of drug-likeness (QED) is 0.671. The molecular formula is C23H25N3S. The van der Waals surface area contributed by atoms with Crippen molar-refractivity contribution in [2.75, 3.05) is 31.5 Å². The highest BCUT2D eigenvalue weighted by Crippen LogP contribution is 2.21. The second kappa shape index (κ2) is 8.07. The molecule has 0 spiro atoms. The second-order valence-corrected chi connectivity index (χ2v) is 7.53. The minimum atomic E-state index is 0.828. The van der Waals surface area contributed by atoms with Crippen LogP contribution in [0.4, 0.5) is 5.69 Å². The Morgan fingerprint density at radius 3 is 2.41 bits per heavy atom. The largest absolute Gasteiger partial charge is 0.346 e. The van der Waals surface area contributed by atoms with Crippen molar-refractivity contribution < 1.29 is 0 Å². The van der Waals surface area contributed by atoms with Crippen molar-refractivity contribution in [3.8, 4) is 0 Å². The lowest BCUT2D eigenvalue weighted by Gasteiger charge is -2.36. The first-order valence-electron chi connectivity index (χ1n) is 9.51. The van der Waals surface area contributed by atoms with E-state index in [2.05, 4.69) is 82.7 Å². The molecule has 0 radical (unpaired) electrons. The predicted molar refractivity (Wildman–Crippen MR) is 118 cm³/mol. The molecule has 4 rings (SSSR count). The SMILES string of the molecule is Cc1ccccc1NC(=S)N1CCN(Cc2cccc3ccccc23)CC1. The lowest BCUT2D eigenvalue weighted by molar-refractivity contribution is 0.177. The van der Waals surface area contributed by atoms with Crippen LogP contribution < -0.4 is 5.32 Å². The molecule has 1 heterocycles. The van der Waals surface area contributed by atoms with Gasteiger partial charge in [-0.1, -0.05) is 60.7 Å². The minimum Gasteiger partial charge on any atom is -0.346 e. The van der Waals surface area contributed by atoms with Crippen molar-refractivity contribution in [1.82, 2.24) is 9.80 Å². The normalized spacial score (nSPS) is 15.1. The maximum absolute atomic E-state index is 5.64. The number of rotatable bonds is 3. The number of benzene rings is 3. The predicted octanol–water partition coefficient (Wildman–Crippen LogP) is 4.66. The molecule has 0 unspecified atom stereocenters. The average Bonchev–Trinajstić information content (AvgIpc) is 2.70. The Bertz CT molecular complexity index is 940. The van der Waals surface area contributed by atoms with E-state index in [-0.39, 0.29) is 0 Å². The van der Waals surface area contributed by atoms with E-state index in [1.165, 1.54) is 21.9 Å². The Hall–Kier alpha value is -2.43. The van der Waals surface area contributed by atoms with Crippen LogP contribution in [0.5, 0.6) is 0 Å². The molecule has 0 atom stereocenters. The third kappa shape index (κ3) is 4.12. The van der Waals surface area contributed by atoms with Gasteiger partial charge < -0.3 is 10.2 Å². The van der Waals surface area contributed by atoms with Gasteiger partial charge >= 0.3 is 0 Å². The number of anilines is 1. The molecule has 3 aromatic carbocycles. The molecule has 0 saturated carbocycles. The summed E-state index contributed by atoms with van der Waals surface area (Å²) in [5, 5.41) is 6.91. The van der Waals surface area contributed by atoms with Gasteiger partial charge in [0.15, 0.2) is 5.11 Å². The van der Waals surface area contributed by atoms with Crippen molar-refractivity contribution in [3.63, 3.8) is 0 Å². The van der Waals surface area contributed by atoms with Crippen LogP contribution in [0.2, 0.25) is 0 Å². The Kier molecular flexibility index (Phi) is 5.37. The van der Waals surface area contributed by atoms with E-state index >= 15 is 0 Å². The van der Waals surface area contributed by atoms with Crippen LogP contribution in [0.15, 0.2) is 66.7 Å². The summed E-state index contributed by atoms with van der Waals surface area (Å²) in [7, 11) is 0. The number of thiocarbonyl (C=S) groups is 1. The van der Waals surface area contributed by atoms with Crippen molar-refractivity contribution in [3.05, 3.63) is 77.9 Å². The van der Waals surface area contributed by atoms with Crippen LogP contribution in [0, 0.1) is 6.92 Å². The number of piperazine rings is 1. The Labute approximate surface area is 166 Å². The number of nitrogens with zero attached hydrogens (tertiary/aromatic N) is 2. The highest BCUT2D eigenvalue weighted by Gasteiger charge is 2.19. The van der Waals surface area contributed by atoms with Gasteiger partial charge in [-0.05, 0) is 47.1 Å². The maximum atomic E-state index is 5.64. The van der Waals surface area contributed by atoms with Gasteiger partial charge in [0.05, 0.1) is 0 Å². The van der Waals surface area contributed by atoms with Crippen molar-refractivity contribution in [1.29, 1.82) is 0 Å². The summed E-state index contributed by atoms with van der Waals surface area (Å²) in [5.74, 6) is 0. The number of hydrogen-bond donors (Lipinski definition) is 1. The lowest BCUT2D eigenvalue weighted by Crippen LogP contribution is -2.49. The molecule has 3 nitrogen and oxygen atoms in total. The summed E-state index contributed by atoms with van der Waals surface area (Å²) >= 11 is 5.64. The summed E-state index contributed by atoms with van der Waals surface area (Å²) in [4.78, 5) is 4.80. The van der Waals surface area contributed by atoms with E-state index in [0.717, 1.165) is 43.5 Å². The zero-order valence-corrected chi connectivity index (χ0v) is 16.5. The van der Waals surface area contributed by atoms with E-state index in [4.69, 9.17) is 12.2 Å². The fourth-order valence-electron chi connectivity index (χ4n) is 3.69. The Morgan fingerprint density at radius 1 is 0.889 bits per heavy atom. The molecule has 0 amide bonds. The minimum absolute atomic E-state index is 0.828. The van der Waals surface area contributed by atoms with Crippen molar-refractivity contribution in [2.45, 2.75) is 13.5 Å². The summed E-state index contributed by atoms with van der Waals surface area (Å²) in [5.41, 5.74) is 3.72. The number of aryl methyl sites for hydroxylation is 1.